The second kappa shape index (κ2) is 8.41. The first kappa shape index (κ1) is 11.3. The van der Waals surface area contributed by atoms with Gasteiger partial charge in [0.2, 0.25) is 5.91 Å². The number of nitrogens with two attached hydrogens (primary N) is 1. The Bertz CT molecular complexity index is 121. The standard InChI is InChI=1S/C6H15N3O3/c7-12-4-2-8-5-6(11)9-1-3-10/h8,10H,1-5,7H2,(H,9,11). The monoisotopic (exact) mass is 177 g/mol. The molecule has 12 heavy (non-hydrogen) atoms. The van der Waals surface area contributed by atoms with Crippen molar-refractivity contribution < 1.29 is 14.7 Å². The minimum atomic E-state index is -0.152. The first-order valence-electron chi connectivity index (χ1n) is 3.71. The van der Waals surface area contributed by atoms with Crippen molar-refractivity contribution in [3.05, 3.63) is 0 Å². The smallest absolute Gasteiger partial charge is 0.234 e. The van der Waals surface area contributed by atoms with E-state index < -0.39 is 0 Å². The van der Waals surface area contributed by atoms with Crippen LogP contribution in [0.4, 0.5) is 0 Å². The predicted octanol–water partition coefficient (Wildman–Crippen LogP) is -2.43. The summed E-state index contributed by atoms with van der Waals surface area (Å²) >= 11 is 0. The SMILES string of the molecule is NOCCNCC(=O)NCCO. The quantitative estimate of drug-likeness (QED) is 0.256. The topological polar surface area (TPSA) is 96.6 Å². The maximum Gasteiger partial charge on any atom is 0.234 e. The van der Waals surface area contributed by atoms with Crippen molar-refractivity contribution in [3.63, 3.8) is 0 Å². The molecule has 0 atom stereocenters. The van der Waals surface area contributed by atoms with Crippen molar-refractivity contribution in [2.24, 2.45) is 5.90 Å². The second-order valence-electron chi connectivity index (χ2n) is 2.12. The van der Waals surface area contributed by atoms with E-state index in [1.54, 1.807) is 0 Å². The maximum atomic E-state index is 10.8. The molecule has 0 aliphatic heterocycles. The molecule has 5 N–H and O–H groups in total. The van der Waals surface area contributed by atoms with Gasteiger partial charge in [-0.3, -0.25) is 4.79 Å². The molecule has 0 heterocycles. The highest BCUT2D eigenvalue weighted by atomic mass is 16.6. The molecule has 1 amide bonds. The summed E-state index contributed by atoms with van der Waals surface area (Å²) in [4.78, 5) is 15.1. The highest BCUT2D eigenvalue weighted by molar-refractivity contribution is 5.77. The Morgan fingerprint density at radius 1 is 1.50 bits per heavy atom. The molecule has 0 bridgehead atoms. The molecule has 0 aromatic heterocycles. The highest BCUT2D eigenvalue weighted by Crippen LogP contribution is 1.65. The Labute approximate surface area is 71.0 Å². The number of aliphatic hydroxyl groups excluding tert-OH is 1. The summed E-state index contributed by atoms with van der Waals surface area (Å²) in [5, 5.41) is 13.6. The van der Waals surface area contributed by atoms with Crippen LogP contribution in [0.3, 0.4) is 0 Å². The fraction of sp³-hybridized carbons (Fsp3) is 0.833. The normalized spacial score (nSPS) is 9.83. The number of hydrogen-bond acceptors (Lipinski definition) is 5. The Hall–Kier alpha value is -0.690. The van der Waals surface area contributed by atoms with E-state index in [4.69, 9.17) is 11.0 Å². The molecule has 0 rings (SSSR count). The molecule has 6 nitrogen and oxygen atoms in total. The molecule has 0 saturated heterocycles. The molecule has 0 spiro atoms. The van der Waals surface area contributed by atoms with E-state index in [0.717, 1.165) is 0 Å². The first-order chi connectivity index (χ1) is 5.81. The van der Waals surface area contributed by atoms with Gasteiger partial charge in [-0.05, 0) is 0 Å². The van der Waals surface area contributed by atoms with Gasteiger partial charge in [0.15, 0.2) is 0 Å². The van der Waals surface area contributed by atoms with E-state index in [0.29, 0.717) is 13.2 Å². The van der Waals surface area contributed by atoms with E-state index >= 15 is 0 Å². The highest BCUT2D eigenvalue weighted by Gasteiger charge is 1.97. The van der Waals surface area contributed by atoms with Gasteiger partial charge in [0.1, 0.15) is 0 Å². The zero-order valence-corrected chi connectivity index (χ0v) is 6.88. The van der Waals surface area contributed by atoms with Crippen LogP contribution in [0.25, 0.3) is 0 Å². The zero-order valence-electron chi connectivity index (χ0n) is 6.88. The number of hydrogen-bond donors (Lipinski definition) is 4. The lowest BCUT2D eigenvalue weighted by molar-refractivity contribution is -0.120. The van der Waals surface area contributed by atoms with E-state index in [9.17, 15) is 4.79 Å². The minimum absolute atomic E-state index is 0.0440. The number of rotatable bonds is 7. The van der Waals surface area contributed by atoms with Crippen LogP contribution in [0.15, 0.2) is 0 Å². The van der Waals surface area contributed by atoms with Gasteiger partial charge >= 0.3 is 0 Å². The van der Waals surface area contributed by atoms with E-state index in [1.807, 2.05) is 0 Å². The third kappa shape index (κ3) is 7.42. The average molecular weight is 177 g/mol. The number of nitrogens with one attached hydrogen (secondary N) is 2. The lowest BCUT2D eigenvalue weighted by atomic mass is 10.5. The van der Waals surface area contributed by atoms with Crippen molar-refractivity contribution in [1.82, 2.24) is 10.6 Å². The van der Waals surface area contributed by atoms with Crippen LogP contribution >= 0.6 is 0 Å². The molecule has 0 aliphatic rings. The first-order valence-corrected chi connectivity index (χ1v) is 3.71. The van der Waals surface area contributed by atoms with Crippen LogP contribution in [0.1, 0.15) is 0 Å². The van der Waals surface area contributed by atoms with E-state index in [-0.39, 0.29) is 25.6 Å². The van der Waals surface area contributed by atoms with Crippen LogP contribution in [0.5, 0.6) is 0 Å². The van der Waals surface area contributed by atoms with Gasteiger partial charge in [0, 0.05) is 13.1 Å². The summed E-state index contributed by atoms with van der Waals surface area (Å²) in [5.41, 5.74) is 0. The van der Waals surface area contributed by atoms with Gasteiger partial charge in [-0.25, -0.2) is 5.90 Å². The number of carbonyl (C=O) groups is 1. The fourth-order valence-corrected chi connectivity index (χ4v) is 0.591. The fourth-order valence-electron chi connectivity index (χ4n) is 0.591. The molecular formula is C6H15N3O3. The summed E-state index contributed by atoms with van der Waals surface area (Å²) < 4.78 is 0. The number of amides is 1. The Morgan fingerprint density at radius 3 is 2.83 bits per heavy atom. The Kier molecular flexibility index (Phi) is 7.92. The van der Waals surface area contributed by atoms with Gasteiger partial charge in [-0.15, -0.1) is 0 Å². The predicted molar refractivity (Wildman–Crippen MR) is 43.1 cm³/mol. The van der Waals surface area contributed by atoms with Gasteiger partial charge in [0.05, 0.1) is 19.8 Å². The summed E-state index contributed by atoms with van der Waals surface area (Å²) in [5.74, 6) is 4.60. The van der Waals surface area contributed by atoms with Crippen molar-refractivity contribution in [3.8, 4) is 0 Å². The molecule has 0 saturated carbocycles. The van der Waals surface area contributed by atoms with E-state index in [1.165, 1.54) is 0 Å². The summed E-state index contributed by atoms with van der Waals surface area (Å²) in [7, 11) is 0. The number of aliphatic hydroxyl groups is 1. The molecule has 0 radical (unpaired) electrons. The molecule has 0 aromatic carbocycles. The van der Waals surface area contributed by atoms with Crippen molar-refractivity contribution in [2.75, 3.05) is 32.8 Å². The molecule has 72 valence electrons. The van der Waals surface area contributed by atoms with Crippen molar-refractivity contribution >= 4 is 5.91 Å². The lowest BCUT2D eigenvalue weighted by Gasteiger charge is -2.03. The van der Waals surface area contributed by atoms with Gasteiger partial charge in [-0.1, -0.05) is 0 Å². The molecule has 0 unspecified atom stereocenters. The van der Waals surface area contributed by atoms with Gasteiger partial charge in [0.25, 0.3) is 0 Å². The van der Waals surface area contributed by atoms with Crippen molar-refractivity contribution in [2.45, 2.75) is 0 Å². The van der Waals surface area contributed by atoms with Crippen LogP contribution in [-0.4, -0.2) is 43.9 Å². The largest absolute Gasteiger partial charge is 0.395 e. The molecule has 0 aromatic rings. The summed E-state index contributed by atoms with van der Waals surface area (Å²) in [6.07, 6.45) is 0. The third-order valence-electron chi connectivity index (χ3n) is 1.12. The Morgan fingerprint density at radius 2 is 2.25 bits per heavy atom. The molecular weight excluding hydrogens is 162 g/mol. The molecule has 0 fully saturated rings. The van der Waals surface area contributed by atoms with Gasteiger partial charge < -0.3 is 20.6 Å². The summed E-state index contributed by atoms with van der Waals surface area (Å²) in [6.45, 7) is 1.35. The summed E-state index contributed by atoms with van der Waals surface area (Å²) in [6, 6.07) is 0. The zero-order chi connectivity index (χ0) is 9.23. The Balaban J connectivity index is 3.08. The molecule has 6 heteroatoms. The van der Waals surface area contributed by atoms with E-state index in [2.05, 4.69) is 15.5 Å². The lowest BCUT2D eigenvalue weighted by Crippen LogP contribution is -2.36. The van der Waals surface area contributed by atoms with Crippen molar-refractivity contribution in [1.29, 1.82) is 0 Å². The minimum Gasteiger partial charge on any atom is -0.395 e. The van der Waals surface area contributed by atoms with Crippen LogP contribution < -0.4 is 16.5 Å². The average Bonchev–Trinajstić information content (AvgIpc) is 2.09. The van der Waals surface area contributed by atoms with Crippen LogP contribution in [-0.2, 0) is 9.63 Å². The molecule has 0 aliphatic carbocycles. The van der Waals surface area contributed by atoms with Gasteiger partial charge in [-0.2, -0.15) is 0 Å². The second-order valence-corrected chi connectivity index (χ2v) is 2.12. The van der Waals surface area contributed by atoms with Crippen LogP contribution in [0, 0.1) is 0 Å². The number of carbonyl (C=O) groups excluding carboxylic acids is 1. The maximum absolute atomic E-state index is 10.8. The van der Waals surface area contributed by atoms with Crippen LogP contribution in [0.2, 0.25) is 0 Å². The third-order valence-corrected chi connectivity index (χ3v) is 1.12.